The van der Waals surface area contributed by atoms with Crippen LogP contribution in [-0.4, -0.2) is 18.3 Å². The summed E-state index contributed by atoms with van der Waals surface area (Å²) in [7, 11) is 0. The number of nitrogens with one attached hydrogen (secondary N) is 1. The number of aliphatic hydroxyl groups excluding tert-OH is 1. The van der Waals surface area contributed by atoms with Gasteiger partial charge in [0.2, 0.25) is 0 Å². The quantitative estimate of drug-likeness (QED) is 0.621. The van der Waals surface area contributed by atoms with Crippen LogP contribution in [-0.2, 0) is 0 Å². The summed E-state index contributed by atoms with van der Waals surface area (Å²) in [5.74, 6) is 0.538. The summed E-state index contributed by atoms with van der Waals surface area (Å²) >= 11 is 0. The van der Waals surface area contributed by atoms with Gasteiger partial charge in [0, 0.05) is 24.5 Å². The zero-order valence-electron chi connectivity index (χ0n) is 9.95. The molecule has 1 unspecified atom stereocenters. The standard InChI is InChI=1S/C13H22N2O/c1-2-4-11(7-8-16)10-15-13-6-3-5-12(14)9-13/h3,5-6,9,11,15-16H,2,4,7-8,10,14H2,1H3. The molecule has 0 saturated heterocycles. The maximum atomic E-state index is 8.96. The third kappa shape index (κ3) is 4.53. The first-order valence-electron chi connectivity index (χ1n) is 5.96. The fraction of sp³-hybridized carbons (Fsp3) is 0.538. The summed E-state index contributed by atoms with van der Waals surface area (Å²) in [6.07, 6.45) is 3.17. The van der Waals surface area contributed by atoms with Crippen molar-refractivity contribution >= 4 is 11.4 Å². The van der Waals surface area contributed by atoms with Crippen molar-refractivity contribution in [1.29, 1.82) is 0 Å². The molecule has 1 aromatic rings. The van der Waals surface area contributed by atoms with Crippen LogP contribution < -0.4 is 11.1 Å². The lowest BCUT2D eigenvalue weighted by Gasteiger charge is -2.16. The molecule has 0 bridgehead atoms. The van der Waals surface area contributed by atoms with E-state index in [1.54, 1.807) is 0 Å². The Balaban J connectivity index is 2.41. The maximum Gasteiger partial charge on any atom is 0.0434 e. The number of nitrogen functional groups attached to an aromatic ring is 1. The molecule has 3 heteroatoms. The molecule has 0 spiro atoms. The first-order chi connectivity index (χ1) is 7.76. The van der Waals surface area contributed by atoms with Crippen LogP contribution in [0.2, 0.25) is 0 Å². The zero-order valence-corrected chi connectivity index (χ0v) is 9.95. The van der Waals surface area contributed by atoms with Crippen LogP contribution in [0.25, 0.3) is 0 Å². The van der Waals surface area contributed by atoms with Crippen molar-refractivity contribution < 1.29 is 5.11 Å². The predicted molar refractivity (Wildman–Crippen MR) is 69.4 cm³/mol. The van der Waals surface area contributed by atoms with Crippen molar-refractivity contribution in [3.05, 3.63) is 24.3 Å². The Morgan fingerprint density at radius 2 is 2.19 bits per heavy atom. The van der Waals surface area contributed by atoms with Gasteiger partial charge >= 0.3 is 0 Å². The molecule has 0 aliphatic carbocycles. The molecule has 0 aliphatic heterocycles. The minimum atomic E-state index is 0.267. The van der Waals surface area contributed by atoms with E-state index >= 15 is 0 Å². The van der Waals surface area contributed by atoms with Gasteiger partial charge in [0.25, 0.3) is 0 Å². The highest BCUT2D eigenvalue weighted by atomic mass is 16.3. The van der Waals surface area contributed by atoms with Gasteiger partial charge in [-0.05, 0) is 37.0 Å². The number of hydrogen-bond acceptors (Lipinski definition) is 3. The summed E-state index contributed by atoms with van der Waals surface area (Å²) in [6, 6.07) is 7.77. The molecule has 0 aromatic heterocycles. The lowest BCUT2D eigenvalue weighted by molar-refractivity contribution is 0.255. The minimum absolute atomic E-state index is 0.267. The summed E-state index contributed by atoms with van der Waals surface area (Å²) in [4.78, 5) is 0. The Morgan fingerprint density at radius 3 is 2.81 bits per heavy atom. The Labute approximate surface area is 97.7 Å². The topological polar surface area (TPSA) is 58.3 Å². The van der Waals surface area contributed by atoms with E-state index in [4.69, 9.17) is 10.8 Å². The van der Waals surface area contributed by atoms with Crippen molar-refractivity contribution in [2.24, 2.45) is 5.92 Å². The molecule has 1 rings (SSSR count). The molecule has 16 heavy (non-hydrogen) atoms. The SMILES string of the molecule is CCCC(CCO)CNc1cccc(N)c1. The van der Waals surface area contributed by atoms with Crippen LogP contribution in [0.4, 0.5) is 11.4 Å². The predicted octanol–water partition coefficient (Wildman–Crippen LogP) is 2.48. The number of rotatable bonds is 7. The van der Waals surface area contributed by atoms with E-state index in [-0.39, 0.29) is 6.61 Å². The average Bonchev–Trinajstić information content (AvgIpc) is 2.27. The lowest BCUT2D eigenvalue weighted by Crippen LogP contribution is -2.15. The fourth-order valence-electron chi connectivity index (χ4n) is 1.85. The smallest absolute Gasteiger partial charge is 0.0434 e. The number of hydrogen-bond donors (Lipinski definition) is 3. The highest BCUT2D eigenvalue weighted by Crippen LogP contribution is 2.15. The summed E-state index contributed by atoms with van der Waals surface area (Å²) in [5, 5.41) is 12.3. The molecule has 0 heterocycles. The Bertz CT molecular complexity index is 296. The van der Waals surface area contributed by atoms with Gasteiger partial charge in [-0.2, -0.15) is 0 Å². The maximum absolute atomic E-state index is 8.96. The second-order valence-corrected chi connectivity index (χ2v) is 4.17. The number of benzene rings is 1. The molecule has 0 radical (unpaired) electrons. The molecule has 0 amide bonds. The van der Waals surface area contributed by atoms with Gasteiger partial charge in [-0.15, -0.1) is 0 Å². The third-order valence-electron chi connectivity index (χ3n) is 2.72. The summed E-state index contributed by atoms with van der Waals surface area (Å²) < 4.78 is 0. The Hall–Kier alpha value is -1.22. The van der Waals surface area contributed by atoms with E-state index in [1.165, 1.54) is 0 Å². The Kier molecular flexibility index (Phi) is 5.72. The van der Waals surface area contributed by atoms with Gasteiger partial charge in [-0.3, -0.25) is 0 Å². The van der Waals surface area contributed by atoms with Gasteiger partial charge in [0.05, 0.1) is 0 Å². The zero-order chi connectivity index (χ0) is 11.8. The largest absolute Gasteiger partial charge is 0.399 e. The van der Waals surface area contributed by atoms with Crippen LogP contribution in [0, 0.1) is 5.92 Å². The van der Waals surface area contributed by atoms with Crippen LogP contribution in [0.15, 0.2) is 24.3 Å². The second-order valence-electron chi connectivity index (χ2n) is 4.17. The first-order valence-corrected chi connectivity index (χ1v) is 5.96. The molecule has 4 N–H and O–H groups in total. The molecule has 0 aliphatic rings. The van der Waals surface area contributed by atoms with Crippen LogP contribution in [0.3, 0.4) is 0 Å². The third-order valence-corrected chi connectivity index (χ3v) is 2.72. The van der Waals surface area contributed by atoms with Gasteiger partial charge in [-0.1, -0.05) is 19.4 Å². The molecule has 0 saturated carbocycles. The van der Waals surface area contributed by atoms with E-state index < -0.39 is 0 Å². The van der Waals surface area contributed by atoms with Gasteiger partial charge in [-0.25, -0.2) is 0 Å². The normalized spacial score (nSPS) is 12.4. The molecule has 90 valence electrons. The van der Waals surface area contributed by atoms with Crippen molar-refractivity contribution in [2.75, 3.05) is 24.2 Å². The Morgan fingerprint density at radius 1 is 1.38 bits per heavy atom. The van der Waals surface area contributed by atoms with Crippen LogP contribution in [0.1, 0.15) is 26.2 Å². The molecule has 0 fully saturated rings. The first kappa shape index (κ1) is 12.8. The van der Waals surface area contributed by atoms with E-state index in [2.05, 4.69) is 12.2 Å². The molecule has 1 aromatic carbocycles. The highest BCUT2D eigenvalue weighted by Gasteiger charge is 2.06. The van der Waals surface area contributed by atoms with E-state index in [1.807, 2.05) is 24.3 Å². The molecular weight excluding hydrogens is 200 g/mol. The minimum Gasteiger partial charge on any atom is -0.399 e. The van der Waals surface area contributed by atoms with Crippen LogP contribution in [0.5, 0.6) is 0 Å². The number of anilines is 2. The van der Waals surface area contributed by atoms with Crippen molar-refractivity contribution in [1.82, 2.24) is 0 Å². The summed E-state index contributed by atoms with van der Waals surface area (Å²) in [5.41, 5.74) is 7.53. The van der Waals surface area contributed by atoms with Crippen molar-refractivity contribution in [2.45, 2.75) is 26.2 Å². The molecular formula is C13H22N2O. The highest BCUT2D eigenvalue weighted by molar-refractivity contribution is 5.53. The van der Waals surface area contributed by atoms with Crippen molar-refractivity contribution in [3.63, 3.8) is 0 Å². The van der Waals surface area contributed by atoms with Crippen LogP contribution >= 0.6 is 0 Å². The lowest BCUT2D eigenvalue weighted by atomic mass is 10.0. The van der Waals surface area contributed by atoms with Crippen molar-refractivity contribution in [3.8, 4) is 0 Å². The summed E-state index contributed by atoms with van der Waals surface area (Å²) in [6.45, 7) is 3.34. The average molecular weight is 222 g/mol. The molecule has 3 nitrogen and oxygen atoms in total. The number of nitrogens with two attached hydrogens (primary N) is 1. The van der Waals surface area contributed by atoms with Gasteiger partial charge in [0.1, 0.15) is 0 Å². The van der Waals surface area contributed by atoms with E-state index in [9.17, 15) is 0 Å². The fourth-order valence-corrected chi connectivity index (χ4v) is 1.85. The van der Waals surface area contributed by atoms with Gasteiger partial charge in [0.15, 0.2) is 0 Å². The molecule has 1 atom stereocenters. The van der Waals surface area contributed by atoms with E-state index in [0.717, 1.165) is 37.2 Å². The monoisotopic (exact) mass is 222 g/mol. The van der Waals surface area contributed by atoms with E-state index in [0.29, 0.717) is 5.92 Å². The number of aliphatic hydroxyl groups is 1. The van der Waals surface area contributed by atoms with Gasteiger partial charge < -0.3 is 16.2 Å². The second kappa shape index (κ2) is 7.12.